The number of sulfonamides is 1. The van der Waals surface area contributed by atoms with Crippen molar-refractivity contribution in [2.45, 2.75) is 18.9 Å². The van der Waals surface area contributed by atoms with Gasteiger partial charge in [0.05, 0.1) is 6.26 Å². The second-order valence-corrected chi connectivity index (χ2v) is 6.30. The van der Waals surface area contributed by atoms with Gasteiger partial charge in [0, 0.05) is 19.1 Å². The number of piperidine rings is 1. The van der Waals surface area contributed by atoms with Gasteiger partial charge in [0.2, 0.25) is 21.8 Å². The van der Waals surface area contributed by atoms with Crippen molar-refractivity contribution in [3.8, 4) is 0 Å². The Bertz CT molecular complexity index is 568. The van der Waals surface area contributed by atoms with Crippen LogP contribution in [0, 0.1) is 0 Å². The zero-order chi connectivity index (χ0) is 14.0. The van der Waals surface area contributed by atoms with Crippen molar-refractivity contribution in [2.24, 2.45) is 0 Å². The quantitative estimate of drug-likeness (QED) is 0.622. The predicted molar refractivity (Wildman–Crippen MR) is 67.7 cm³/mol. The second-order valence-electron chi connectivity index (χ2n) is 4.52. The Morgan fingerprint density at radius 2 is 2.32 bits per heavy atom. The van der Waals surface area contributed by atoms with Gasteiger partial charge in [-0.25, -0.2) is 13.1 Å². The maximum Gasteiger partial charge on any atom is 0.291 e. The summed E-state index contributed by atoms with van der Waals surface area (Å²) in [6.07, 6.45) is 2.53. The molecule has 0 aliphatic carbocycles. The van der Waals surface area contributed by atoms with Gasteiger partial charge in [0.1, 0.15) is 0 Å². The molecule has 1 aliphatic rings. The van der Waals surface area contributed by atoms with E-state index in [2.05, 4.69) is 19.9 Å². The Kier molecular flexibility index (Phi) is 3.71. The summed E-state index contributed by atoms with van der Waals surface area (Å²) in [4.78, 5) is 17.4. The van der Waals surface area contributed by atoms with Crippen LogP contribution in [-0.2, 0) is 10.0 Å². The van der Waals surface area contributed by atoms with E-state index in [1.807, 2.05) is 0 Å². The summed E-state index contributed by atoms with van der Waals surface area (Å²) in [6, 6.07) is -0.270. The van der Waals surface area contributed by atoms with E-state index in [-0.39, 0.29) is 23.7 Å². The third kappa shape index (κ3) is 3.64. The van der Waals surface area contributed by atoms with Crippen molar-refractivity contribution in [2.75, 3.05) is 25.1 Å². The van der Waals surface area contributed by atoms with E-state index in [1.54, 1.807) is 0 Å². The van der Waals surface area contributed by atoms with E-state index < -0.39 is 10.0 Å². The van der Waals surface area contributed by atoms with Crippen LogP contribution in [0.25, 0.3) is 0 Å². The van der Waals surface area contributed by atoms with E-state index in [4.69, 9.17) is 5.73 Å². The molecular weight excluding hydrogens is 272 g/mol. The molecule has 0 saturated carbocycles. The molecule has 2 heterocycles. The maximum atomic E-state index is 12.1. The average Bonchev–Trinajstić information content (AvgIpc) is 2.73. The lowest BCUT2D eigenvalue weighted by molar-refractivity contribution is 0.0691. The molecule has 1 aromatic rings. The lowest BCUT2D eigenvalue weighted by Crippen LogP contribution is -2.49. The molecule has 1 fully saturated rings. The number of nitrogens with one attached hydrogen (secondary N) is 2. The van der Waals surface area contributed by atoms with Crippen LogP contribution in [0.15, 0.2) is 0 Å². The summed E-state index contributed by atoms with van der Waals surface area (Å²) in [5, 5.41) is 6.04. The first-order valence-corrected chi connectivity index (χ1v) is 7.69. The SMILES string of the molecule is CS(=O)(=O)NC1CCCN(C(=O)c2nc(N)n[nH]2)C1. The third-order valence-electron chi connectivity index (χ3n) is 2.79. The van der Waals surface area contributed by atoms with Crippen molar-refractivity contribution in [3.63, 3.8) is 0 Å². The normalized spacial score (nSPS) is 20.5. The molecule has 1 aromatic heterocycles. The van der Waals surface area contributed by atoms with Gasteiger partial charge < -0.3 is 10.6 Å². The number of amides is 1. The highest BCUT2D eigenvalue weighted by atomic mass is 32.2. The van der Waals surface area contributed by atoms with Gasteiger partial charge in [-0.3, -0.25) is 9.89 Å². The second kappa shape index (κ2) is 5.13. The Balaban J connectivity index is 2.03. The number of hydrogen-bond donors (Lipinski definition) is 3. The van der Waals surface area contributed by atoms with Gasteiger partial charge in [0.25, 0.3) is 5.91 Å². The summed E-state index contributed by atoms with van der Waals surface area (Å²) in [6.45, 7) is 0.869. The Morgan fingerprint density at radius 1 is 1.58 bits per heavy atom. The van der Waals surface area contributed by atoms with E-state index in [0.717, 1.165) is 12.7 Å². The average molecular weight is 288 g/mol. The first-order valence-electron chi connectivity index (χ1n) is 5.79. The molecule has 1 saturated heterocycles. The monoisotopic (exact) mass is 288 g/mol. The number of likely N-dealkylation sites (tertiary alicyclic amines) is 1. The minimum atomic E-state index is -3.28. The molecule has 1 aliphatic heterocycles. The summed E-state index contributed by atoms with van der Waals surface area (Å²) in [7, 11) is -3.28. The fourth-order valence-corrected chi connectivity index (χ4v) is 2.88. The number of hydrogen-bond acceptors (Lipinski definition) is 6. The molecule has 1 unspecified atom stereocenters. The van der Waals surface area contributed by atoms with E-state index in [0.29, 0.717) is 19.5 Å². The van der Waals surface area contributed by atoms with Crippen LogP contribution in [0.4, 0.5) is 5.95 Å². The molecular formula is C9H16N6O3S. The van der Waals surface area contributed by atoms with Crippen molar-refractivity contribution in [1.29, 1.82) is 0 Å². The maximum absolute atomic E-state index is 12.1. The van der Waals surface area contributed by atoms with E-state index >= 15 is 0 Å². The van der Waals surface area contributed by atoms with Crippen LogP contribution in [0.5, 0.6) is 0 Å². The third-order valence-corrected chi connectivity index (χ3v) is 3.56. The minimum absolute atomic E-state index is 0.00571. The lowest BCUT2D eigenvalue weighted by atomic mass is 10.1. The minimum Gasteiger partial charge on any atom is -0.366 e. The standard InChI is InChI=1S/C9H16N6O3S/c1-19(17,18)14-6-3-2-4-15(5-6)8(16)7-11-9(10)13-12-7/h6,14H,2-5H2,1H3,(H3,10,11,12,13). The van der Waals surface area contributed by atoms with Gasteiger partial charge in [-0.15, -0.1) is 5.10 Å². The summed E-state index contributed by atoms with van der Waals surface area (Å²) in [5.41, 5.74) is 5.34. The van der Waals surface area contributed by atoms with Gasteiger partial charge >= 0.3 is 0 Å². The topological polar surface area (TPSA) is 134 Å². The Hall–Kier alpha value is -1.68. The van der Waals surface area contributed by atoms with Crippen LogP contribution in [0.2, 0.25) is 0 Å². The number of carbonyl (C=O) groups is 1. The number of aromatic nitrogens is 3. The molecule has 0 bridgehead atoms. The Labute approximate surface area is 110 Å². The largest absolute Gasteiger partial charge is 0.366 e. The molecule has 0 radical (unpaired) electrons. The molecule has 1 atom stereocenters. The van der Waals surface area contributed by atoms with E-state index in [1.165, 1.54) is 4.90 Å². The van der Waals surface area contributed by atoms with E-state index in [9.17, 15) is 13.2 Å². The number of nitrogen functional groups attached to an aromatic ring is 1. The molecule has 2 rings (SSSR count). The van der Waals surface area contributed by atoms with Crippen molar-refractivity contribution in [3.05, 3.63) is 5.82 Å². The van der Waals surface area contributed by atoms with Crippen molar-refractivity contribution < 1.29 is 13.2 Å². The number of carbonyl (C=O) groups excluding carboxylic acids is 1. The number of anilines is 1. The molecule has 106 valence electrons. The van der Waals surface area contributed by atoms with Crippen LogP contribution in [0.1, 0.15) is 23.5 Å². The molecule has 0 aromatic carbocycles. The van der Waals surface area contributed by atoms with Crippen LogP contribution in [-0.4, -0.2) is 59.8 Å². The molecule has 10 heteroatoms. The van der Waals surface area contributed by atoms with Crippen molar-refractivity contribution >= 4 is 21.9 Å². The zero-order valence-corrected chi connectivity index (χ0v) is 11.3. The van der Waals surface area contributed by atoms with Gasteiger partial charge in [-0.1, -0.05) is 0 Å². The highest BCUT2D eigenvalue weighted by molar-refractivity contribution is 7.88. The van der Waals surface area contributed by atoms with Crippen LogP contribution >= 0.6 is 0 Å². The predicted octanol–water partition coefficient (Wildman–Crippen LogP) is -1.46. The van der Waals surface area contributed by atoms with Gasteiger partial charge in [-0.05, 0) is 12.8 Å². The Morgan fingerprint density at radius 3 is 2.89 bits per heavy atom. The number of aromatic amines is 1. The number of nitrogens with zero attached hydrogens (tertiary/aromatic N) is 3. The fraction of sp³-hybridized carbons (Fsp3) is 0.667. The first kappa shape index (κ1) is 13.7. The molecule has 4 N–H and O–H groups in total. The first-order chi connectivity index (χ1) is 8.85. The van der Waals surface area contributed by atoms with Crippen LogP contribution < -0.4 is 10.5 Å². The summed E-state index contributed by atoms with van der Waals surface area (Å²) < 4.78 is 24.9. The summed E-state index contributed by atoms with van der Waals surface area (Å²) in [5.74, 6) is -0.257. The van der Waals surface area contributed by atoms with Gasteiger partial charge in [0.15, 0.2) is 0 Å². The highest BCUT2D eigenvalue weighted by Gasteiger charge is 2.27. The molecule has 1 amide bonds. The summed E-state index contributed by atoms with van der Waals surface area (Å²) >= 11 is 0. The number of rotatable bonds is 3. The smallest absolute Gasteiger partial charge is 0.291 e. The molecule has 19 heavy (non-hydrogen) atoms. The molecule has 0 spiro atoms. The zero-order valence-electron chi connectivity index (χ0n) is 10.5. The van der Waals surface area contributed by atoms with Crippen LogP contribution in [0.3, 0.4) is 0 Å². The van der Waals surface area contributed by atoms with Gasteiger partial charge in [-0.2, -0.15) is 4.98 Å². The highest BCUT2D eigenvalue weighted by Crippen LogP contribution is 2.13. The van der Waals surface area contributed by atoms with Crippen molar-refractivity contribution in [1.82, 2.24) is 24.8 Å². The fourth-order valence-electron chi connectivity index (χ4n) is 2.08. The molecule has 9 nitrogen and oxygen atoms in total. The number of H-pyrrole nitrogens is 1. The lowest BCUT2D eigenvalue weighted by Gasteiger charge is -2.32. The number of nitrogens with two attached hydrogens (primary N) is 1.